The third-order valence-electron chi connectivity index (χ3n) is 12.1. The van der Waals surface area contributed by atoms with E-state index in [4.69, 9.17) is 9.73 Å². The maximum Gasteiger partial charge on any atom is 0.331 e. The summed E-state index contributed by atoms with van der Waals surface area (Å²) in [6.07, 6.45) is 20.1. The van der Waals surface area contributed by atoms with Crippen LogP contribution >= 0.6 is 0 Å². The number of aliphatic imine (C=N–C) groups is 1. The van der Waals surface area contributed by atoms with Gasteiger partial charge in [0.15, 0.2) is 0 Å². The number of unbranched alkanes of at least 4 members (excludes halogenated alkanes) is 7. The van der Waals surface area contributed by atoms with E-state index in [9.17, 15) is 20.1 Å². The zero-order valence-corrected chi connectivity index (χ0v) is 24.5. The lowest BCUT2D eigenvalue weighted by Gasteiger charge is -2.65. The first-order chi connectivity index (χ1) is 18.7. The Balaban J connectivity index is 1.31. The molecule has 0 amide bonds. The third-order valence-corrected chi connectivity index (χ3v) is 12.1. The molecule has 0 aromatic carbocycles. The maximum absolute atomic E-state index is 12.5. The topological polar surface area (TPSA) is 99.4 Å². The van der Waals surface area contributed by atoms with E-state index in [-0.39, 0.29) is 29.1 Å². The number of hydrogen-bond acceptors (Lipinski definition) is 6. The van der Waals surface area contributed by atoms with Gasteiger partial charge >= 0.3 is 5.97 Å². The number of ether oxygens (including phenoxy) is 1. The van der Waals surface area contributed by atoms with Crippen molar-refractivity contribution in [3.8, 4) is 0 Å². The molecule has 5 rings (SSSR count). The van der Waals surface area contributed by atoms with Crippen LogP contribution in [0.25, 0.3) is 0 Å². The van der Waals surface area contributed by atoms with Crippen molar-refractivity contribution in [3.05, 3.63) is 11.6 Å². The number of cyclic esters (lactones) is 1. The maximum atomic E-state index is 12.5. The van der Waals surface area contributed by atoms with Gasteiger partial charge in [0.1, 0.15) is 6.61 Å². The summed E-state index contributed by atoms with van der Waals surface area (Å²) >= 11 is 0. The summed E-state index contributed by atoms with van der Waals surface area (Å²) in [4.78, 5) is 16.8. The summed E-state index contributed by atoms with van der Waals surface area (Å²) in [5.41, 5.74) is -1.54. The van der Waals surface area contributed by atoms with Gasteiger partial charge < -0.3 is 20.1 Å². The lowest BCUT2D eigenvalue weighted by atomic mass is 9.41. The molecule has 1 aliphatic heterocycles. The first-order valence-corrected chi connectivity index (χ1v) is 16.2. The first-order valence-electron chi connectivity index (χ1n) is 16.2. The van der Waals surface area contributed by atoms with Gasteiger partial charge in [0.2, 0.25) is 0 Å². The molecule has 6 nitrogen and oxygen atoms in total. The number of carbonyl (C=O) groups is 1. The summed E-state index contributed by atoms with van der Waals surface area (Å²) < 4.78 is 5.27. The molecular formula is C33H53NO5. The standard InChI is InChI=1S/C33H53NO5/c1-3-4-5-6-7-8-9-10-19-34-23-31-16-11-25(35)21-32(31,37)17-13-28-27(31)12-15-30(2)26(14-18-33(28,30)38)24-20-29(36)39-22-24/h20,23,25-28,35,37-38H,3-19,21-22H2,1-2H3/t25-,26-,27-,28+,30+,31-,32+,33+/m0/s1. The highest BCUT2D eigenvalue weighted by Crippen LogP contribution is 2.70. The molecule has 0 aromatic heterocycles. The van der Waals surface area contributed by atoms with Gasteiger partial charge in [0.05, 0.1) is 17.3 Å². The van der Waals surface area contributed by atoms with Crippen LogP contribution in [0.2, 0.25) is 0 Å². The van der Waals surface area contributed by atoms with Crippen molar-refractivity contribution < 1.29 is 24.9 Å². The van der Waals surface area contributed by atoms with Gasteiger partial charge in [0, 0.05) is 36.1 Å². The Morgan fingerprint density at radius 2 is 1.67 bits per heavy atom. The van der Waals surface area contributed by atoms with Crippen molar-refractivity contribution in [1.29, 1.82) is 0 Å². The average Bonchev–Trinajstić information content (AvgIpc) is 3.45. The highest BCUT2D eigenvalue weighted by Gasteiger charge is 2.71. The number of esters is 1. The number of hydrogen-bond donors (Lipinski definition) is 3. The lowest BCUT2D eigenvalue weighted by Crippen LogP contribution is -2.68. The summed E-state index contributed by atoms with van der Waals surface area (Å²) in [6, 6.07) is 0. The molecule has 6 heteroatoms. The second-order valence-electron chi connectivity index (χ2n) is 14.0. The molecule has 0 bridgehead atoms. The van der Waals surface area contributed by atoms with Gasteiger partial charge in [-0.25, -0.2) is 4.79 Å². The largest absolute Gasteiger partial charge is 0.458 e. The Bertz CT molecular complexity index is 948. The van der Waals surface area contributed by atoms with Crippen LogP contribution in [0.1, 0.15) is 123 Å². The van der Waals surface area contributed by atoms with Crippen LogP contribution in [0.5, 0.6) is 0 Å². The first kappa shape index (κ1) is 29.3. The highest BCUT2D eigenvalue weighted by molar-refractivity contribution is 5.85. The van der Waals surface area contributed by atoms with Crippen molar-refractivity contribution in [1.82, 2.24) is 0 Å². The fourth-order valence-corrected chi connectivity index (χ4v) is 9.93. The molecule has 0 unspecified atom stereocenters. The Labute approximate surface area is 235 Å². The van der Waals surface area contributed by atoms with E-state index in [2.05, 4.69) is 20.1 Å². The molecular weight excluding hydrogens is 490 g/mol. The fourth-order valence-electron chi connectivity index (χ4n) is 9.93. The van der Waals surface area contributed by atoms with Crippen LogP contribution in [0.3, 0.4) is 0 Å². The smallest absolute Gasteiger partial charge is 0.331 e. The van der Waals surface area contributed by atoms with Crippen LogP contribution in [0, 0.1) is 28.6 Å². The van der Waals surface area contributed by atoms with Gasteiger partial charge in [-0.05, 0) is 81.1 Å². The van der Waals surface area contributed by atoms with Gasteiger partial charge in [-0.1, -0.05) is 58.8 Å². The van der Waals surface area contributed by atoms with E-state index in [1.54, 1.807) is 6.08 Å². The van der Waals surface area contributed by atoms with E-state index < -0.39 is 22.7 Å². The fraction of sp³-hybridized carbons (Fsp3) is 0.879. The Kier molecular flexibility index (Phi) is 8.68. The number of carbonyl (C=O) groups excluding carboxylic acids is 1. The highest BCUT2D eigenvalue weighted by atomic mass is 16.5. The van der Waals surface area contributed by atoms with Gasteiger partial charge in [-0.3, -0.25) is 4.99 Å². The van der Waals surface area contributed by atoms with E-state index in [0.29, 0.717) is 25.9 Å². The molecule has 3 N–H and O–H groups in total. The Hall–Kier alpha value is -1.24. The number of aliphatic hydroxyl groups excluding tert-OH is 1. The second-order valence-corrected chi connectivity index (χ2v) is 14.0. The molecule has 0 saturated heterocycles. The molecule has 1 heterocycles. The predicted octanol–water partition coefficient (Wildman–Crippen LogP) is 5.91. The van der Waals surface area contributed by atoms with Crippen LogP contribution in [-0.4, -0.2) is 58.0 Å². The van der Waals surface area contributed by atoms with Crippen LogP contribution in [0.15, 0.2) is 16.6 Å². The summed E-state index contributed by atoms with van der Waals surface area (Å²) in [5.74, 6) is 0.145. The van der Waals surface area contributed by atoms with Crippen LogP contribution in [-0.2, 0) is 9.53 Å². The van der Waals surface area contributed by atoms with Crippen LogP contribution < -0.4 is 0 Å². The minimum Gasteiger partial charge on any atom is -0.458 e. The van der Waals surface area contributed by atoms with Crippen molar-refractivity contribution >= 4 is 12.2 Å². The van der Waals surface area contributed by atoms with Crippen molar-refractivity contribution in [3.63, 3.8) is 0 Å². The van der Waals surface area contributed by atoms with E-state index >= 15 is 0 Å². The number of rotatable bonds is 11. The zero-order valence-electron chi connectivity index (χ0n) is 24.5. The monoisotopic (exact) mass is 543 g/mol. The quantitative estimate of drug-likeness (QED) is 0.171. The summed E-state index contributed by atoms with van der Waals surface area (Å²) in [7, 11) is 0. The number of nitrogens with zero attached hydrogens (tertiary/aromatic N) is 1. The van der Waals surface area contributed by atoms with Gasteiger partial charge in [-0.15, -0.1) is 0 Å². The van der Waals surface area contributed by atoms with Crippen molar-refractivity contribution in [2.24, 2.45) is 33.6 Å². The summed E-state index contributed by atoms with van der Waals surface area (Å²) in [5, 5.41) is 35.3. The molecule has 8 atom stereocenters. The van der Waals surface area contributed by atoms with Gasteiger partial charge in [-0.2, -0.15) is 0 Å². The predicted molar refractivity (Wildman–Crippen MR) is 153 cm³/mol. The molecule has 220 valence electrons. The third kappa shape index (κ3) is 5.05. The molecule has 0 spiro atoms. The number of fused-ring (bicyclic) bond motifs is 5. The molecule has 5 aliphatic rings. The van der Waals surface area contributed by atoms with Crippen LogP contribution in [0.4, 0.5) is 0 Å². The molecule has 0 radical (unpaired) electrons. The second kappa shape index (κ2) is 11.6. The zero-order chi connectivity index (χ0) is 27.7. The van der Waals surface area contributed by atoms with E-state index in [1.165, 1.54) is 44.9 Å². The molecule has 0 aromatic rings. The summed E-state index contributed by atoms with van der Waals surface area (Å²) in [6.45, 7) is 5.64. The molecule has 39 heavy (non-hydrogen) atoms. The minimum absolute atomic E-state index is 0.0879. The van der Waals surface area contributed by atoms with Crippen molar-refractivity contribution in [2.45, 2.75) is 140 Å². The average molecular weight is 544 g/mol. The lowest BCUT2D eigenvalue weighted by molar-refractivity contribution is -0.237. The Morgan fingerprint density at radius 3 is 2.38 bits per heavy atom. The minimum atomic E-state index is -0.967. The number of aliphatic hydroxyl groups is 3. The molecule has 4 fully saturated rings. The van der Waals surface area contributed by atoms with E-state index in [1.807, 2.05) is 0 Å². The normalized spacial score (nSPS) is 43.6. The SMILES string of the molecule is CCCCCCCCCCN=C[C@]12CC[C@H](O)C[C@]1(O)CC[C@@H]1[C@@H]2CC[C@]2(C)[C@H](C3=CC(=O)OC3)CC[C@@]12O. The van der Waals surface area contributed by atoms with E-state index in [0.717, 1.165) is 57.1 Å². The Morgan fingerprint density at radius 1 is 0.949 bits per heavy atom. The molecule has 4 aliphatic carbocycles. The van der Waals surface area contributed by atoms with Gasteiger partial charge in [0.25, 0.3) is 0 Å². The molecule has 4 saturated carbocycles. The van der Waals surface area contributed by atoms with Crippen molar-refractivity contribution in [2.75, 3.05) is 13.2 Å².